The van der Waals surface area contributed by atoms with E-state index in [2.05, 4.69) is 21.7 Å². The maximum absolute atomic E-state index is 12.7. The van der Waals surface area contributed by atoms with E-state index in [-0.39, 0.29) is 23.8 Å². The van der Waals surface area contributed by atoms with Crippen molar-refractivity contribution in [3.8, 4) is 11.1 Å². The van der Waals surface area contributed by atoms with Crippen molar-refractivity contribution in [2.75, 3.05) is 18.5 Å². The second kappa shape index (κ2) is 8.12. The Morgan fingerprint density at radius 1 is 1.03 bits per heavy atom. The molecule has 1 saturated heterocycles. The number of nitrogens with one attached hydrogen (secondary N) is 2. The Bertz CT molecular complexity index is 1160. The van der Waals surface area contributed by atoms with Gasteiger partial charge in [0.2, 0.25) is 5.91 Å². The van der Waals surface area contributed by atoms with E-state index in [4.69, 9.17) is 4.74 Å². The molecule has 2 aliphatic rings. The molecule has 1 saturated carbocycles. The molecule has 6 nitrogen and oxygen atoms in total. The van der Waals surface area contributed by atoms with Gasteiger partial charge in [-0.3, -0.25) is 9.59 Å². The van der Waals surface area contributed by atoms with Crippen molar-refractivity contribution in [2.45, 2.75) is 32.2 Å². The third-order valence-corrected chi connectivity index (χ3v) is 6.00. The summed E-state index contributed by atoms with van der Waals surface area (Å²) in [7, 11) is 0. The first-order chi connectivity index (χ1) is 15.1. The van der Waals surface area contributed by atoms with Crippen LogP contribution in [0.3, 0.4) is 0 Å². The number of aryl methyl sites for hydroxylation is 1. The number of anilines is 1. The van der Waals surface area contributed by atoms with E-state index in [0.29, 0.717) is 24.6 Å². The third kappa shape index (κ3) is 4.30. The van der Waals surface area contributed by atoms with Crippen molar-refractivity contribution in [3.05, 3.63) is 59.8 Å². The van der Waals surface area contributed by atoms with Crippen LogP contribution in [-0.4, -0.2) is 36.1 Å². The third-order valence-electron chi connectivity index (χ3n) is 6.00. The van der Waals surface area contributed by atoms with Crippen LogP contribution in [0.25, 0.3) is 21.9 Å². The van der Waals surface area contributed by atoms with E-state index in [1.807, 2.05) is 43.3 Å². The van der Waals surface area contributed by atoms with Crippen molar-refractivity contribution in [3.63, 3.8) is 0 Å². The number of rotatable bonds is 5. The normalized spacial score (nSPS) is 18.2. The maximum Gasteiger partial charge on any atom is 0.251 e. The summed E-state index contributed by atoms with van der Waals surface area (Å²) in [5.41, 5.74) is 3.79. The number of hydrogen-bond acceptors (Lipinski definition) is 4. The molecule has 158 valence electrons. The standard InChI is InChI=1S/C25H25N3O3/c1-15-2-3-19(25(30)27-21-8-9-31-14-21)11-22(15)18-7-6-17-12-23(26-13-20(17)10-18)28-24(29)16-4-5-16/h2-3,6-7,10-13,16,21H,4-5,8-9,14H2,1H3,(H,27,30)(H,26,28,29)/t21-/m1/s1. The summed E-state index contributed by atoms with van der Waals surface area (Å²) in [4.78, 5) is 29.1. The maximum atomic E-state index is 12.7. The van der Waals surface area contributed by atoms with Crippen LogP contribution in [0.2, 0.25) is 0 Å². The van der Waals surface area contributed by atoms with E-state index in [1.165, 1.54) is 0 Å². The van der Waals surface area contributed by atoms with Crippen LogP contribution >= 0.6 is 0 Å². The molecule has 0 spiro atoms. The van der Waals surface area contributed by atoms with Gasteiger partial charge < -0.3 is 15.4 Å². The zero-order chi connectivity index (χ0) is 21.4. The Morgan fingerprint density at radius 3 is 2.68 bits per heavy atom. The fraction of sp³-hybridized carbons (Fsp3) is 0.320. The van der Waals surface area contributed by atoms with Gasteiger partial charge in [-0.2, -0.15) is 0 Å². The fourth-order valence-electron chi connectivity index (χ4n) is 3.94. The molecule has 2 aromatic carbocycles. The van der Waals surface area contributed by atoms with Crippen LogP contribution in [0, 0.1) is 12.8 Å². The average molecular weight is 415 g/mol. The Labute approximate surface area is 181 Å². The van der Waals surface area contributed by atoms with Crippen LogP contribution in [0.4, 0.5) is 5.82 Å². The lowest BCUT2D eigenvalue weighted by atomic mass is 9.96. The number of nitrogens with zero attached hydrogens (tertiary/aromatic N) is 1. The number of fused-ring (bicyclic) bond motifs is 1. The molecule has 0 radical (unpaired) electrons. The smallest absolute Gasteiger partial charge is 0.251 e. The number of amides is 2. The molecule has 2 fully saturated rings. The van der Waals surface area contributed by atoms with Gasteiger partial charge in [0.05, 0.1) is 12.6 Å². The lowest BCUT2D eigenvalue weighted by Crippen LogP contribution is -2.35. The van der Waals surface area contributed by atoms with Gasteiger partial charge in [0.25, 0.3) is 5.91 Å². The summed E-state index contributed by atoms with van der Waals surface area (Å²) in [6.07, 6.45) is 4.57. The number of aromatic nitrogens is 1. The Balaban J connectivity index is 1.40. The lowest BCUT2D eigenvalue weighted by molar-refractivity contribution is -0.117. The predicted octanol–water partition coefficient (Wildman–Crippen LogP) is 4.08. The summed E-state index contributed by atoms with van der Waals surface area (Å²) in [5.74, 6) is 0.713. The highest BCUT2D eigenvalue weighted by molar-refractivity contribution is 5.98. The molecule has 1 atom stereocenters. The highest BCUT2D eigenvalue weighted by Crippen LogP contribution is 2.31. The van der Waals surface area contributed by atoms with Gasteiger partial charge in [-0.25, -0.2) is 4.98 Å². The van der Waals surface area contributed by atoms with Crippen LogP contribution in [0.15, 0.2) is 48.7 Å². The number of carbonyl (C=O) groups excluding carboxylic acids is 2. The summed E-state index contributed by atoms with van der Waals surface area (Å²) < 4.78 is 5.35. The Morgan fingerprint density at radius 2 is 1.90 bits per heavy atom. The molecule has 0 bridgehead atoms. The second-order valence-corrected chi connectivity index (χ2v) is 8.46. The SMILES string of the molecule is Cc1ccc(C(=O)N[C@@H]2CCOC2)cc1-c1ccc2cc(NC(=O)C3CC3)ncc2c1. The van der Waals surface area contributed by atoms with Gasteiger partial charge in [-0.15, -0.1) is 0 Å². The average Bonchev–Trinajstić information content (AvgIpc) is 3.51. The Hall–Kier alpha value is -3.25. The molecule has 1 aromatic heterocycles. The number of hydrogen-bond donors (Lipinski definition) is 2. The van der Waals surface area contributed by atoms with E-state index < -0.39 is 0 Å². The molecule has 2 N–H and O–H groups in total. The first-order valence-electron chi connectivity index (χ1n) is 10.8. The van der Waals surface area contributed by atoms with Gasteiger partial charge in [0, 0.05) is 29.7 Å². The van der Waals surface area contributed by atoms with Crippen LogP contribution < -0.4 is 10.6 Å². The van der Waals surface area contributed by atoms with Crippen molar-refractivity contribution in [1.82, 2.24) is 10.3 Å². The van der Waals surface area contributed by atoms with Crippen LogP contribution in [-0.2, 0) is 9.53 Å². The summed E-state index contributed by atoms with van der Waals surface area (Å²) in [6, 6.07) is 13.9. The van der Waals surface area contributed by atoms with Crippen molar-refractivity contribution in [2.24, 2.45) is 5.92 Å². The van der Waals surface area contributed by atoms with E-state index >= 15 is 0 Å². The quantitative estimate of drug-likeness (QED) is 0.658. The van der Waals surface area contributed by atoms with Gasteiger partial charge in [-0.1, -0.05) is 18.2 Å². The molecule has 0 unspecified atom stereocenters. The minimum absolute atomic E-state index is 0.0540. The van der Waals surface area contributed by atoms with Crippen molar-refractivity contribution < 1.29 is 14.3 Å². The molecule has 31 heavy (non-hydrogen) atoms. The van der Waals surface area contributed by atoms with Gasteiger partial charge in [0.15, 0.2) is 0 Å². The summed E-state index contributed by atoms with van der Waals surface area (Å²) in [6.45, 7) is 3.31. The fourth-order valence-corrected chi connectivity index (χ4v) is 3.94. The first kappa shape index (κ1) is 19.7. The lowest BCUT2D eigenvalue weighted by Gasteiger charge is -2.13. The van der Waals surface area contributed by atoms with Crippen molar-refractivity contribution >= 4 is 28.4 Å². The van der Waals surface area contributed by atoms with E-state index in [1.54, 1.807) is 6.20 Å². The van der Waals surface area contributed by atoms with Crippen LogP contribution in [0.5, 0.6) is 0 Å². The van der Waals surface area contributed by atoms with E-state index in [0.717, 1.165) is 46.7 Å². The zero-order valence-electron chi connectivity index (χ0n) is 17.5. The molecule has 1 aliphatic carbocycles. The number of pyridine rings is 1. The second-order valence-electron chi connectivity index (χ2n) is 8.46. The van der Waals surface area contributed by atoms with Crippen LogP contribution in [0.1, 0.15) is 35.2 Å². The molecular weight excluding hydrogens is 390 g/mol. The predicted molar refractivity (Wildman–Crippen MR) is 120 cm³/mol. The topological polar surface area (TPSA) is 80.3 Å². The number of ether oxygens (including phenoxy) is 1. The zero-order valence-corrected chi connectivity index (χ0v) is 17.5. The van der Waals surface area contributed by atoms with E-state index in [9.17, 15) is 9.59 Å². The van der Waals surface area contributed by atoms with Gasteiger partial charge in [-0.05, 0) is 72.5 Å². The molecular formula is C25H25N3O3. The van der Waals surface area contributed by atoms with Crippen molar-refractivity contribution in [1.29, 1.82) is 0 Å². The molecule has 2 amide bonds. The summed E-state index contributed by atoms with van der Waals surface area (Å²) >= 11 is 0. The summed E-state index contributed by atoms with van der Waals surface area (Å²) in [5, 5.41) is 7.94. The molecule has 3 aromatic rings. The Kier molecular flexibility index (Phi) is 5.16. The minimum atomic E-state index is -0.0738. The first-order valence-corrected chi connectivity index (χ1v) is 10.8. The minimum Gasteiger partial charge on any atom is -0.379 e. The molecule has 6 heteroatoms. The molecule has 1 aliphatic heterocycles. The number of carbonyl (C=O) groups is 2. The molecule has 2 heterocycles. The number of benzene rings is 2. The highest BCUT2D eigenvalue weighted by atomic mass is 16.5. The van der Waals surface area contributed by atoms with Gasteiger partial charge in [0.1, 0.15) is 5.82 Å². The monoisotopic (exact) mass is 415 g/mol. The largest absolute Gasteiger partial charge is 0.379 e. The van der Waals surface area contributed by atoms with Gasteiger partial charge >= 0.3 is 0 Å². The molecule has 5 rings (SSSR count). The highest BCUT2D eigenvalue weighted by Gasteiger charge is 2.29.